The van der Waals surface area contributed by atoms with Crippen LogP contribution in [0.15, 0.2) is 66.7 Å². The summed E-state index contributed by atoms with van der Waals surface area (Å²) in [4.78, 5) is 29.5. The Kier molecular flexibility index (Phi) is 11.1. The third-order valence-corrected chi connectivity index (χ3v) is 9.46. The van der Waals surface area contributed by atoms with Gasteiger partial charge in [-0.2, -0.15) is 0 Å². The Morgan fingerprint density at radius 1 is 0.905 bits per heavy atom. The Balaban J connectivity index is 1.77. The van der Waals surface area contributed by atoms with Crippen LogP contribution >= 0.6 is 46.4 Å². The summed E-state index contributed by atoms with van der Waals surface area (Å²) in [6.45, 7) is -0.736. The van der Waals surface area contributed by atoms with E-state index in [9.17, 15) is 18.0 Å². The zero-order valence-electron chi connectivity index (χ0n) is 22.9. The van der Waals surface area contributed by atoms with Crippen LogP contribution in [0.25, 0.3) is 0 Å². The van der Waals surface area contributed by atoms with Gasteiger partial charge in [0.1, 0.15) is 12.6 Å². The van der Waals surface area contributed by atoms with Gasteiger partial charge in [0, 0.05) is 44.7 Å². The van der Waals surface area contributed by atoms with Gasteiger partial charge in [-0.15, -0.1) is 0 Å². The number of nitrogens with one attached hydrogen (secondary N) is 1. The first-order valence-corrected chi connectivity index (χ1v) is 16.8. The van der Waals surface area contributed by atoms with Gasteiger partial charge in [-0.25, -0.2) is 8.42 Å². The topological polar surface area (TPSA) is 86.8 Å². The van der Waals surface area contributed by atoms with Gasteiger partial charge in [0.25, 0.3) is 0 Å². The summed E-state index contributed by atoms with van der Waals surface area (Å²) in [5, 5.41) is 4.16. The molecule has 4 rings (SSSR count). The average Bonchev–Trinajstić information content (AvgIpc) is 3.43. The molecule has 42 heavy (non-hydrogen) atoms. The highest BCUT2D eigenvalue weighted by Gasteiger charge is 2.35. The molecule has 1 saturated carbocycles. The van der Waals surface area contributed by atoms with E-state index in [1.165, 1.54) is 23.1 Å². The lowest BCUT2D eigenvalue weighted by atomic mass is 10.0. The van der Waals surface area contributed by atoms with Gasteiger partial charge in [-0.1, -0.05) is 95.6 Å². The molecule has 1 aliphatic rings. The van der Waals surface area contributed by atoms with Crippen LogP contribution in [0.3, 0.4) is 0 Å². The molecule has 0 aliphatic heterocycles. The largest absolute Gasteiger partial charge is 0.352 e. The van der Waals surface area contributed by atoms with Crippen LogP contribution in [0.4, 0.5) is 5.69 Å². The number of benzene rings is 3. The molecule has 1 unspecified atom stereocenters. The second kappa shape index (κ2) is 14.3. The van der Waals surface area contributed by atoms with E-state index in [0.29, 0.717) is 15.6 Å². The van der Waals surface area contributed by atoms with Crippen molar-refractivity contribution in [3.05, 3.63) is 97.9 Å². The highest BCUT2D eigenvalue weighted by atomic mass is 35.5. The first-order chi connectivity index (χ1) is 19.9. The van der Waals surface area contributed by atoms with E-state index in [0.717, 1.165) is 41.8 Å². The van der Waals surface area contributed by atoms with E-state index >= 15 is 0 Å². The van der Waals surface area contributed by atoms with Gasteiger partial charge in [0.05, 0.1) is 11.9 Å². The number of anilines is 1. The van der Waals surface area contributed by atoms with Crippen LogP contribution in [0.2, 0.25) is 20.1 Å². The van der Waals surface area contributed by atoms with E-state index in [2.05, 4.69) is 5.32 Å². The van der Waals surface area contributed by atoms with Crippen LogP contribution < -0.4 is 9.62 Å². The Morgan fingerprint density at radius 2 is 1.50 bits per heavy atom. The van der Waals surface area contributed by atoms with Crippen LogP contribution in [0.5, 0.6) is 0 Å². The molecule has 0 heterocycles. The summed E-state index contributed by atoms with van der Waals surface area (Å²) < 4.78 is 26.8. The lowest BCUT2D eigenvalue weighted by Crippen LogP contribution is -2.54. The lowest BCUT2D eigenvalue weighted by Gasteiger charge is -2.34. The lowest BCUT2D eigenvalue weighted by molar-refractivity contribution is -0.140. The van der Waals surface area contributed by atoms with Gasteiger partial charge < -0.3 is 10.2 Å². The van der Waals surface area contributed by atoms with Crippen molar-refractivity contribution in [2.75, 3.05) is 17.1 Å². The maximum absolute atomic E-state index is 14.2. The van der Waals surface area contributed by atoms with Crippen LogP contribution in [0.1, 0.15) is 36.8 Å². The maximum atomic E-state index is 14.2. The van der Waals surface area contributed by atoms with Crippen LogP contribution in [-0.2, 0) is 32.6 Å². The molecular formula is C30H31Cl4N3O4S. The minimum absolute atomic E-state index is 0.00209. The Bertz CT molecular complexity index is 1490. The van der Waals surface area contributed by atoms with Crippen molar-refractivity contribution in [2.45, 2.75) is 50.7 Å². The molecule has 12 heteroatoms. The molecule has 1 N–H and O–H groups in total. The number of hydrogen-bond donors (Lipinski definition) is 1. The monoisotopic (exact) mass is 669 g/mol. The number of sulfonamides is 1. The molecule has 0 bridgehead atoms. The molecule has 3 aromatic carbocycles. The summed E-state index contributed by atoms with van der Waals surface area (Å²) in [5.74, 6) is -0.964. The predicted octanol–water partition coefficient (Wildman–Crippen LogP) is 6.77. The second-order valence-electron chi connectivity index (χ2n) is 10.3. The smallest absolute Gasteiger partial charge is 0.244 e. The zero-order chi connectivity index (χ0) is 30.4. The van der Waals surface area contributed by atoms with Crippen molar-refractivity contribution >= 4 is 73.9 Å². The SMILES string of the molecule is CS(=O)(=O)N(CC(=O)N(Cc1c(Cl)cccc1Cl)C(Cc1ccccc1)C(=O)NC1CCCC1)c1cc(Cl)cc(Cl)c1. The van der Waals surface area contributed by atoms with Gasteiger partial charge in [0.2, 0.25) is 21.8 Å². The highest BCUT2D eigenvalue weighted by molar-refractivity contribution is 7.92. The van der Waals surface area contributed by atoms with Crippen molar-refractivity contribution in [2.24, 2.45) is 0 Å². The van der Waals surface area contributed by atoms with Gasteiger partial charge in [-0.05, 0) is 48.7 Å². The van der Waals surface area contributed by atoms with Crippen molar-refractivity contribution in [1.29, 1.82) is 0 Å². The number of amides is 2. The summed E-state index contributed by atoms with van der Waals surface area (Å²) in [7, 11) is -3.98. The number of halogens is 4. The number of carbonyl (C=O) groups excluding carboxylic acids is 2. The third-order valence-electron chi connectivity index (χ3n) is 7.18. The minimum Gasteiger partial charge on any atom is -0.352 e. The molecule has 1 fully saturated rings. The number of nitrogens with zero attached hydrogens (tertiary/aromatic N) is 2. The maximum Gasteiger partial charge on any atom is 0.244 e. The van der Waals surface area contributed by atoms with E-state index in [-0.39, 0.29) is 40.6 Å². The van der Waals surface area contributed by atoms with E-state index in [4.69, 9.17) is 46.4 Å². The molecule has 1 aliphatic carbocycles. The molecule has 7 nitrogen and oxygen atoms in total. The summed E-state index contributed by atoms with van der Waals surface area (Å²) in [6.07, 6.45) is 4.90. The normalized spacial score (nSPS) is 14.4. The van der Waals surface area contributed by atoms with Crippen molar-refractivity contribution in [1.82, 2.24) is 10.2 Å². The van der Waals surface area contributed by atoms with E-state index in [1.807, 2.05) is 30.3 Å². The van der Waals surface area contributed by atoms with E-state index < -0.39 is 28.5 Å². The second-order valence-corrected chi connectivity index (χ2v) is 13.9. The van der Waals surface area contributed by atoms with Crippen molar-refractivity contribution in [3.63, 3.8) is 0 Å². The fraction of sp³-hybridized carbons (Fsp3) is 0.333. The van der Waals surface area contributed by atoms with E-state index in [1.54, 1.807) is 18.2 Å². The number of hydrogen-bond acceptors (Lipinski definition) is 4. The summed E-state index contributed by atoms with van der Waals surface area (Å²) >= 11 is 25.4. The first kappa shape index (κ1) is 32.4. The molecule has 0 radical (unpaired) electrons. The third kappa shape index (κ3) is 8.54. The first-order valence-electron chi connectivity index (χ1n) is 13.4. The molecule has 0 spiro atoms. The van der Waals surface area contributed by atoms with Crippen molar-refractivity contribution < 1.29 is 18.0 Å². The average molecular weight is 671 g/mol. The minimum atomic E-state index is -3.98. The number of carbonyl (C=O) groups is 2. The predicted molar refractivity (Wildman–Crippen MR) is 170 cm³/mol. The molecule has 3 aromatic rings. The van der Waals surface area contributed by atoms with Crippen LogP contribution in [0, 0.1) is 0 Å². The summed E-state index contributed by atoms with van der Waals surface area (Å²) in [5.41, 5.74) is 1.39. The van der Waals surface area contributed by atoms with Gasteiger partial charge in [0.15, 0.2) is 0 Å². The molecule has 2 amide bonds. The highest BCUT2D eigenvalue weighted by Crippen LogP contribution is 2.30. The Hall–Kier alpha value is -2.49. The molecule has 224 valence electrons. The standard InChI is InChI=1S/C30H31Cl4N3O4S/c1-42(40,41)37(24-16-21(31)15-22(32)17-24)19-29(38)36(18-25-26(33)12-7-13-27(25)34)28(14-20-8-3-2-4-9-20)30(39)35-23-10-5-6-11-23/h2-4,7-9,12-13,15-17,23,28H,5-6,10-11,14,18-19H2,1H3,(H,35,39). The molecule has 0 saturated heterocycles. The quantitative estimate of drug-likeness (QED) is 0.244. The fourth-order valence-corrected chi connectivity index (χ4v) is 6.94. The molecular weight excluding hydrogens is 640 g/mol. The van der Waals surface area contributed by atoms with Crippen LogP contribution in [-0.4, -0.2) is 50.0 Å². The number of rotatable bonds is 11. The van der Waals surface area contributed by atoms with Crippen molar-refractivity contribution in [3.8, 4) is 0 Å². The van der Waals surface area contributed by atoms with Gasteiger partial charge in [-0.3, -0.25) is 13.9 Å². The Labute approximate surface area is 266 Å². The Morgan fingerprint density at radius 3 is 2.07 bits per heavy atom. The zero-order valence-corrected chi connectivity index (χ0v) is 26.7. The summed E-state index contributed by atoms with van der Waals surface area (Å²) in [6, 6.07) is 17.6. The molecule has 0 aromatic heterocycles. The fourth-order valence-electron chi connectivity index (χ4n) is 5.07. The van der Waals surface area contributed by atoms with Gasteiger partial charge >= 0.3 is 0 Å². The molecule has 1 atom stereocenters.